The van der Waals surface area contributed by atoms with Crippen molar-refractivity contribution in [2.45, 2.75) is 70.7 Å². The topological polar surface area (TPSA) is 65.0 Å². The van der Waals surface area contributed by atoms with Crippen LogP contribution in [0.15, 0.2) is 18.2 Å². The van der Waals surface area contributed by atoms with Gasteiger partial charge in [0.15, 0.2) is 0 Å². The third kappa shape index (κ3) is 3.87. The molecule has 0 bridgehead atoms. The van der Waals surface area contributed by atoms with Gasteiger partial charge in [0.2, 0.25) is 0 Å². The van der Waals surface area contributed by atoms with Crippen LogP contribution in [-0.2, 0) is 14.1 Å². The minimum Gasteiger partial charge on any atom is -0.489 e. The number of hydrogen-bond acceptors (Lipinski definition) is 4. The van der Waals surface area contributed by atoms with E-state index in [2.05, 4.69) is 0 Å². The van der Waals surface area contributed by atoms with Crippen molar-refractivity contribution in [1.82, 2.24) is 0 Å². The zero-order valence-electron chi connectivity index (χ0n) is 15.8. The number of halogens is 1. The number of rotatable bonds is 4. The number of carboxylic acids is 1. The van der Waals surface area contributed by atoms with E-state index in [9.17, 15) is 4.79 Å². The first-order valence-corrected chi connectivity index (χ1v) is 9.51. The zero-order chi connectivity index (χ0) is 19.1. The van der Waals surface area contributed by atoms with Gasteiger partial charge in [0.1, 0.15) is 5.75 Å². The second-order valence-corrected chi connectivity index (χ2v) is 8.62. The van der Waals surface area contributed by atoms with Crippen molar-refractivity contribution in [2.24, 2.45) is 5.92 Å². The molecule has 1 aromatic carbocycles. The van der Waals surface area contributed by atoms with Crippen LogP contribution in [0.5, 0.6) is 5.75 Å². The van der Waals surface area contributed by atoms with Gasteiger partial charge in [0, 0.05) is 0 Å². The molecule has 7 heteroatoms. The van der Waals surface area contributed by atoms with E-state index in [1.807, 2.05) is 45.9 Å². The lowest BCUT2D eigenvalue weighted by Crippen LogP contribution is -2.41. The van der Waals surface area contributed by atoms with E-state index >= 15 is 0 Å². The van der Waals surface area contributed by atoms with E-state index in [1.165, 1.54) is 0 Å². The van der Waals surface area contributed by atoms with Crippen LogP contribution < -0.4 is 10.2 Å². The molecular weight excluding hydrogens is 354 g/mol. The summed E-state index contributed by atoms with van der Waals surface area (Å²) in [6.07, 6.45) is 2.75. The molecule has 0 spiro atoms. The fourth-order valence-electron chi connectivity index (χ4n) is 3.35. The molecule has 0 radical (unpaired) electrons. The molecule has 0 atom stereocenters. The van der Waals surface area contributed by atoms with Gasteiger partial charge < -0.3 is 19.2 Å². The molecule has 1 heterocycles. The summed E-state index contributed by atoms with van der Waals surface area (Å²) >= 11 is 6.42. The molecular formula is C19H26BClO5. The Hall–Kier alpha value is -1.24. The van der Waals surface area contributed by atoms with Crippen LogP contribution in [-0.4, -0.2) is 35.5 Å². The van der Waals surface area contributed by atoms with Gasteiger partial charge in [0.05, 0.1) is 28.2 Å². The molecule has 0 aromatic heterocycles. The predicted molar refractivity (Wildman–Crippen MR) is 101 cm³/mol. The Morgan fingerprint density at radius 1 is 1.15 bits per heavy atom. The molecule has 142 valence electrons. The molecule has 1 saturated carbocycles. The van der Waals surface area contributed by atoms with Crippen molar-refractivity contribution in [3.63, 3.8) is 0 Å². The molecule has 2 aliphatic rings. The molecule has 1 aromatic rings. The van der Waals surface area contributed by atoms with Crippen molar-refractivity contribution < 1.29 is 23.9 Å². The Morgan fingerprint density at radius 2 is 1.73 bits per heavy atom. The molecule has 0 unspecified atom stereocenters. The summed E-state index contributed by atoms with van der Waals surface area (Å²) in [6, 6.07) is 5.57. The molecule has 2 fully saturated rings. The minimum absolute atomic E-state index is 0.00537. The van der Waals surface area contributed by atoms with E-state index in [4.69, 9.17) is 30.8 Å². The molecule has 1 N–H and O–H groups in total. The van der Waals surface area contributed by atoms with Gasteiger partial charge in [-0.1, -0.05) is 17.7 Å². The SMILES string of the molecule is CC1(C)OB(c2ccc(OC3CCC(C(=O)O)CC3)c(Cl)c2)OC1(C)C. The van der Waals surface area contributed by atoms with E-state index in [0.29, 0.717) is 23.6 Å². The van der Waals surface area contributed by atoms with Crippen LogP contribution in [0, 0.1) is 5.92 Å². The Bertz CT molecular complexity index is 667. The maximum atomic E-state index is 11.0. The Labute approximate surface area is 160 Å². The highest BCUT2D eigenvalue weighted by Gasteiger charge is 2.51. The van der Waals surface area contributed by atoms with Crippen molar-refractivity contribution in [3.8, 4) is 5.75 Å². The van der Waals surface area contributed by atoms with Crippen LogP contribution in [0.25, 0.3) is 0 Å². The van der Waals surface area contributed by atoms with E-state index < -0.39 is 24.3 Å². The molecule has 1 saturated heterocycles. The summed E-state index contributed by atoms with van der Waals surface area (Å²) in [5.41, 5.74) is 0.0556. The second kappa shape index (κ2) is 7.06. The molecule has 0 amide bonds. The van der Waals surface area contributed by atoms with Gasteiger partial charge >= 0.3 is 13.1 Å². The van der Waals surface area contributed by atoms with Crippen molar-refractivity contribution in [2.75, 3.05) is 0 Å². The highest BCUT2D eigenvalue weighted by Crippen LogP contribution is 2.37. The smallest absolute Gasteiger partial charge is 0.489 e. The molecule has 5 nitrogen and oxygen atoms in total. The molecule has 1 aliphatic heterocycles. The average molecular weight is 381 g/mol. The molecule has 26 heavy (non-hydrogen) atoms. The van der Waals surface area contributed by atoms with Crippen molar-refractivity contribution in [3.05, 3.63) is 23.2 Å². The Morgan fingerprint density at radius 3 is 2.23 bits per heavy atom. The lowest BCUT2D eigenvalue weighted by Gasteiger charge is -2.32. The molecule has 1 aliphatic carbocycles. The van der Waals surface area contributed by atoms with Gasteiger partial charge in [-0.2, -0.15) is 0 Å². The van der Waals surface area contributed by atoms with Gasteiger partial charge in [-0.15, -0.1) is 0 Å². The van der Waals surface area contributed by atoms with Gasteiger partial charge in [-0.05, 0) is 71.0 Å². The third-order valence-corrected chi connectivity index (χ3v) is 6.09. The number of hydrogen-bond donors (Lipinski definition) is 1. The molecule has 3 rings (SSSR count). The van der Waals surface area contributed by atoms with Gasteiger partial charge in [-0.3, -0.25) is 4.79 Å². The summed E-state index contributed by atoms with van der Waals surface area (Å²) in [6.45, 7) is 8.05. The number of carbonyl (C=O) groups is 1. The second-order valence-electron chi connectivity index (χ2n) is 8.21. The van der Waals surface area contributed by atoms with Gasteiger partial charge in [-0.25, -0.2) is 0 Å². The van der Waals surface area contributed by atoms with E-state index in [-0.39, 0.29) is 12.0 Å². The number of aliphatic carboxylic acids is 1. The Balaban J connectivity index is 1.65. The number of benzene rings is 1. The van der Waals surface area contributed by atoms with E-state index in [0.717, 1.165) is 18.3 Å². The van der Waals surface area contributed by atoms with Crippen LogP contribution in [0.1, 0.15) is 53.4 Å². The fourth-order valence-corrected chi connectivity index (χ4v) is 3.58. The normalized spacial score (nSPS) is 27.3. The standard InChI is InChI=1S/C19H26BClO5/c1-18(2)19(3,4)26-20(25-18)13-7-10-16(15(21)11-13)24-14-8-5-12(6-9-14)17(22)23/h7,10-12,14H,5-6,8-9H2,1-4H3,(H,22,23). The van der Waals surface area contributed by atoms with Crippen LogP contribution in [0.2, 0.25) is 5.02 Å². The predicted octanol–water partition coefficient (Wildman–Crippen LogP) is 3.66. The summed E-state index contributed by atoms with van der Waals surface area (Å²) in [4.78, 5) is 11.0. The highest BCUT2D eigenvalue weighted by atomic mass is 35.5. The fraction of sp³-hybridized carbons (Fsp3) is 0.632. The quantitative estimate of drug-likeness (QED) is 0.808. The highest BCUT2D eigenvalue weighted by molar-refractivity contribution is 6.62. The van der Waals surface area contributed by atoms with Crippen LogP contribution in [0.4, 0.5) is 0 Å². The summed E-state index contributed by atoms with van der Waals surface area (Å²) in [7, 11) is -0.461. The van der Waals surface area contributed by atoms with Crippen LogP contribution in [0.3, 0.4) is 0 Å². The minimum atomic E-state index is -0.715. The average Bonchev–Trinajstić information content (AvgIpc) is 2.78. The number of ether oxygens (including phenoxy) is 1. The summed E-state index contributed by atoms with van der Waals surface area (Å²) in [5, 5.41) is 9.59. The van der Waals surface area contributed by atoms with Gasteiger partial charge in [0.25, 0.3) is 0 Å². The lowest BCUT2D eigenvalue weighted by atomic mass is 9.79. The summed E-state index contributed by atoms with van der Waals surface area (Å²) in [5.74, 6) is -0.352. The largest absolute Gasteiger partial charge is 0.494 e. The lowest BCUT2D eigenvalue weighted by molar-refractivity contribution is -0.143. The van der Waals surface area contributed by atoms with Crippen molar-refractivity contribution >= 4 is 30.2 Å². The number of carboxylic acid groups (broad SMARTS) is 1. The first kappa shape index (κ1) is 19.5. The third-order valence-electron chi connectivity index (χ3n) is 5.80. The zero-order valence-corrected chi connectivity index (χ0v) is 16.5. The maximum Gasteiger partial charge on any atom is 0.494 e. The first-order valence-electron chi connectivity index (χ1n) is 9.13. The first-order chi connectivity index (χ1) is 12.1. The Kier molecular flexibility index (Phi) is 5.30. The van der Waals surface area contributed by atoms with Crippen LogP contribution >= 0.6 is 11.6 Å². The maximum absolute atomic E-state index is 11.0. The monoisotopic (exact) mass is 380 g/mol. The summed E-state index contributed by atoms with van der Waals surface area (Å²) < 4.78 is 18.1. The van der Waals surface area contributed by atoms with E-state index in [1.54, 1.807) is 0 Å². The van der Waals surface area contributed by atoms with Crippen molar-refractivity contribution in [1.29, 1.82) is 0 Å².